The maximum atomic E-state index is 12.2. The predicted molar refractivity (Wildman–Crippen MR) is 74.4 cm³/mol. The van der Waals surface area contributed by atoms with E-state index in [2.05, 4.69) is 24.1 Å². The summed E-state index contributed by atoms with van der Waals surface area (Å²) in [4.78, 5) is 14.2. The molecule has 1 N–H and O–H groups in total. The number of nitrogens with one attached hydrogen (secondary N) is 1. The zero-order chi connectivity index (χ0) is 13.0. The third kappa shape index (κ3) is 3.47. The van der Waals surface area contributed by atoms with Crippen LogP contribution in [0.1, 0.15) is 52.4 Å². The van der Waals surface area contributed by atoms with Crippen molar-refractivity contribution in [2.45, 2.75) is 58.4 Å². The first-order chi connectivity index (χ1) is 8.68. The van der Waals surface area contributed by atoms with Crippen LogP contribution in [-0.2, 0) is 4.79 Å². The lowest BCUT2D eigenvalue weighted by Gasteiger charge is -2.24. The molecule has 0 aromatic carbocycles. The van der Waals surface area contributed by atoms with E-state index in [1.807, 2.05) is 0 Å². The Morgan fingerprint density at radius 2 is 1.78 bits per heavy atom. The monoisotopic (exact) mass is 252 g/mol. The van der Waals surface area contributed by atoms with Crippen LogP contribution in [0.3, 0.4) is 0 Å². The Kier molecular flexibility index (Phi) is 5.04. The molecular weight excluding hydrogens is 224 g/mol. The molecule has 2 rings (SSSR count). The Morgan fingerprint density at radius 3 is 2.33 bits per heavy atom. The van der Waals surface area contributed by atoms with Gasteiger partial charge in [0.1, 0.15) is 0 Å². The van der Waals surface area contributed by atoms with Gasteiger partial charge < -0.3 is 10.2 Å². The highest BCUT2D eigenvalue weighted by molar-refractivity contribution is 5.78. The maximum absolute atomic E-state index is 12.2. The molecule has 3 nitrogen and oxygen atoms in total. The molecule has 0 bridgehead atoms. The molecule has 2 fully saturated rings. The Labute approximate surface area is 111 Å². The summed E-state index contributed by atoms with van der Waals surface area (Å²) < 4.78 is 0. The quantitative estimate of drug-likeness (QED) is 0.836. The minimum atomic E-state index is 0.309. The molecule has 1 aliphatic carbocycles. The van der Waals surface area contributed by atoms with Crippen LogP contribution < -0.4 is 5.32 Å². The fraction of sp³-hybridized carbons (Fsp3) is 0.933. The van der Waals surface area contributed by atoms with Crippen LogP contribution in [0.5, 0.6) is 0 Å². The van der Waals surface area contributed by atoms with Gasteiger partial charge in [0.25, 0.3) is 0 Å². The molecule has 1 saturated carbocycles. The van der Waals surface area contributed by atoms with E-state index < -0.39 is 0 Å². The standard InChI is InChI=1S/C15H28N2O/c1-12-7-8-14(13(12)2)16-11-15(18)17-9-5-3-4-6-10-17/h12-14,16H,3-11H2,1-2H3. The normalized spacial score (nSPS) is 33.4. The molecule has 3 heteroatoms. The predicted octanol–water partition coefficient (Wildman–Crippen LogP) is 2.41. The van der Waals surface area contributed by atoms with Gasteiger partial charge in [-0.2, -0.15) is 0 Å². The molecule has 18 heavy (non-hydrogen) atoms. The Bertz CT molecular complexity index is 272. The van der Waals surface area contributed by atoms with Crippen LogP contribution in [0, 0.1) is 11.8 Å². The number of carbonyl (C=O) groups is 1. The van der Waals surface area contributed by atoms with Crippen molar-refractivity contribution in [1.29, 1.82) is 0 Å². The second-order valence-electron chi connectivity index (χ2n) is 6.20. The molecular formula is C15H28N2O. The molecule has 1 heterocycles. The van der Waals surface area contributed by atoms with Crippen molar-refractivity contribution >= 4 is 5.91 Å². The first-order valence-corrected chi connectivity index (χ1v) is 7.69. The first-order valence-electron chi connectivity index (χ1n) is 7.69. The highest BCUT2D eigenvalue weighted by atomic mass is 16.2. The van der Waals surface area contributed by atoms with Crippen LogP contribution in [0.2, 0.25) is 0 Å². The molecule has 2 aliphatic rings. The highest BCUT2D eigenvalue weighted by Gasteiger charge is 2.29. The van der Waals surface area contributed by atoms with Crippen molar-refractivity contribution in [1.82, 2.24) is 10.2 Å². The van der Waals surface area contributed by atoms with E-state index in [4.69, 9.17) is 0 Å². The van der Waals surface area contributed by atoms with Gasteiger partial charge in [-0.25, -0.2) is 0 Å². The largest absolute Gasteiger partial charge is 0.342 e. The summed E-state index contributed by atoms with van der Waals surface area (Å²) in [6, 6.07) is 0.552. The smallest absolute Gasteiger partial charge is 0.236 e. The average Bonchev–Trinajstić information content (AvgIpc) is 2.63. The van der Waals surface area contributed by atoms with E-state index in [0.29, 0.717) is 24.4 Å². The van der Waals surface area contributed by atoms with Crippen molar-refractivity contribution in [2.24, 2.45) is 11.8 Å². The number of nitrogens with zero attached hydrogens (tertiary/aromatic N) is 1. The number of hydrogen-bond acceptors (Lipinski definition) is 2. The van der Waals surface area contributed by atoms with E-state index in [1.165, 1.54) is 38.5 Å². The Balaban J connectivity index is 1.74. The van der Waals surface area contributed by atoms with Crippen molar-refractivity contribution in [2.75, 3.05) is 19.6 Å². The van der Waals surface area contributed by atoms with Crippen LogP contribution in [0.4, 0.5) is 0 Å². The van der Waals surface area contributed by atoms with E-state index in [9.17, 15) is 4.79 Å². The fourth-order valence-corrected chi connectivity index (χ4v) is 3.30. The van der Waals surface area contributed by atoms with Gasteiger partial charge in [0, 0.05) is 19.1 Å². The Morgan fingerprint density at radius 1 is 1.11 bits per heavy atom. The molecule has 104 valence electrons. The van der Waals surface area contributed by atoms with Crippen LogP contribution in [0.25, 0.3) is 0 Å². The van der Waals surface area contributed by atoms with Gasteiger partial charge in [-0.1, -0.05) is 26.7 Å². The number of carbonyl (C=O) groups excluding carboxylic acids is 1. The minimum Gasteiger partial charge on any atom is -0.342 e. The van der Waals surface area contributed by atoms with Crippen molar-refractivity contribution in [3.63, 3.8) is 0 Å². The topological polar surface area (TPSA) is 32.3 Å². The van der Waals surface area contributed by atoms with E-state index in [1.54, 1.807) is 0 Å². The van der Waals surface area contributed by atoms with E-state index in [-0.39, 0.29) is 0 Å². The van der Waals surface area contributed by atoms with Crippen LogP contribution in [0.15, 0.2) is 0 Å². The van der Waals surface area contributed by atoms with Gasteiger partial charge >= 0.3 is 0 Å². The fourth-order valence-electron chi connectivity index (χ4n) is 3.30. The lowest BCUT2D eigenvalue weighted by molar-refractivity contribution is -0.130. The zero-order valence-corrected chi connectivity index (χ0v) is 12.0. The summed E-state index contributed by atoms with van der Waals surface area (Å²) in [5, 5.41) is 3.49. The minimum absolute atomic E-state index is 0.309. The highest BCUT2D eigenvalue weighted by Crippen LogP contribution is 2.30. The summed E-state index contributed by atoms with van der Waals surface area (Å²) in [7, 11) is 0. The van der Waals surface area contributed by atoms with E-state index in [0.717, 1.165) is 19.0 Å². The lowest BCUT2D eigenvalue weighted by Crippen LogP contribution is -2.43. The number of likely N-dealkylation sites (tertiary alicyclic amines) is 1. The zero-order valence-electron chi connectivity index (χ0n) is 12.0. The first kappa shape index (κ1) is 13.9. The van der Waals surface area contributed by atoms with Gasteiger partial charge in [-0.05, 0) is 37.5 Å². The molecule has 1 saturated heterocycles. The lowest BCUT2D eigenvalue weighted by atomic mass is 9.98. The van der Waals surface area contributed by atoms with Crippen molar-refractivity contribution < 1.29 is 4.79 Å². The summed E-state index contributed by atoms with van der Waals surface area (Å²) in [5.74, 6) is 1.82. The van der Waals surface area contributed by atoms with Gasteiger partial charge in [0.05, 0.1) is 6.54 Å². The SMILES string of the molecule is CC1CCC(NCC(=O)N2CCCCCC2)C1C. The molecule has 3 unspecified atom stereocenters. The number of rotatable bonds is 3. The van der Waals surface area contributed by atoms with Gasteiger partial charge in [-0.3, -0.25) is 4.79 Å². The molecule has 3 atom stereocenters. The van der Waals surface area contributed by atoms with Gasteiger partial charge in [0.2, 0.25) is 5.91 Å². The van der Waals surface area contributed by atoms with Crippen molar-refractivity contribution in [3.8, 4) is 0 Å². The van der Waals surface area contributed by atoms with Gasteiger partial charge in [-0.15, -0.1) is 0 Å². The molecule has 1 amide bonds. The number of amides is 1. The van der Waals surface area contributed by atoms with E-state index >= 15 is 0 Å². The Hall–Kier alpha value is -0.570. The second kappa shape index (κ2) is 6.55. The third-order valence-electron chi connectivity index (χ3n) is 4.94. The number of hydrogen-bond donors (Lipinski definition) is 1. The molecule has 0 aromatic heterocycles. The van der Waals surface area contributed by atoms with Crippen LogP contribution in [-0.4, -0.2) is 36.5 Å². The summed E-state index contributed by atoms with van der Waals surface area (Å²) in [5.41, 5.74) is 0. The average molecular weight is 252 g/mol. The van der Waals surface area contributed by atoms with Crippen LogP contribution >= 0.6 is 0 Å². The molecule has 0 aromatic rings. The van der Waals surface area contributed by atoms with Crippen molar-refractivity contribution in [3.05, 3.63) is 0 Å². The summed E-state index contributed by atoms with van der Waals surface area (Å²) in [6.07, 6.45) is 7.47. The van der Waals surface area contributed by atoms with Gasteiger partial charge in [0.15, 0.2) is 0 Å². The second-order valence-corrected chi connectivity index (χ2v) is 6.20. The summed E-state index contributed by atoms with van der Waals surface area (Å²) in [6.45, 7) is 7.12. The maximum Gasteiger partial charge on any atom is 0.236 e. The molecule has 1 aliphatic heterocycles. The molecule has 0 spiro atoms. The molecule has 0 radical (unpaired) electrons. The third-order valence-corrected chi connectivity index (χ3v) is 4.94. The summed E-state index contributed by atoms with van der Waals surface area (Å²) >= 11 is 0.